The highest BCUT2D eigenvalue weighted by molar-refractivity contribution is 9.10. The van der Waals surface area contributed by atoms with Crippen LogP contribution in [0.25, 0.3) is 0 Å². The van der Waals surface area contributed by atoms with Gasteiger partial charge in [0.2, 0.25) is 5.91 Å². The van der Waals surface area contributed by atoms with Crippen LogP contribution in [0.1, 0.15) is 28.8 Å². The zero-order valence-electron chi connectivity index (χ0n) is 14.6. The van der Waals surface area contributed by atoms with Crippen LogP contribution in [0.3, 0.4) is 0 Å². The maximum atomic E-state index is 12.5. The number of rotatable bonds is 4. The second kappa shape index (κ2) is 8.94. The van der Waals surface area contributed by atoms with E-state index in [2.05, 4.69) is 20.9 Å². The Morgan fingerprint density at radius 3 is 2.46 bits per heavy atom. The van der Waals surface area contributed by atoms with Gasteiger partial charge in [-0.25, -0.2) is 0 Å². The molecule has 1 saturated heterocycles. The predicted octanol–water partition coefficient (Wildman–Crippen LogP) is 3.15. The molecule has 1 fully saturated rings. The molecule has 0 aliphatic carbocycles. The summed E-state index contributed by atoms with van der Waals surface area (Å²) in [5, 5.41) is 0. The number of carbonyl (C=O) groups excluding carboxylic acids is 2. The molecule has 1 aromatic carbocycles. The van der Waals surface area contributed by atoms with Gasteiger partial charge < -0.3 is 9.80 Å². The smallest absolute Gasteiger partial charge is 0.255 e. The first-order chi connectivity index (χ1) is 12.6. The van der Waals surface area contributed by atoms with Gasteiger partial charge in [-0.2, -0.15) is 0 Å². The van der Waals surface area contributed by atoms with E-state index in [1.807, 2.05) is 34.1 Å². The van der Waals surface area contributed by atoms with Crippen LogP contribution in [0.2, 0.25) is 0 Å². The zero-order chi connectivity index (χ0) is 18.4. The van der Waals surface area contributed by atoms with Crippen LogP contribution < -0.4 is 0 Å². The first-order valence-electron chi connectivity index (χ1n) is 8.85. The molecule has 0 radical (unpaired) electrons. The quantitative estimate of drug-likeness (QED) is 0.770. The Bertz CT molecular complexity index is 749. The van der Waals surface area contributed by atoms with E-state index in [1.54, 1.807) is 24.5 Å². The molecule has 2 amide bonds. The molecule has 26 heavy (non-hydrogen) atoms. The topological polar surface area (TPSA) is 53.5 Å². The molecular weight excluding hydrogens is 394 g/mol. The highest BCUT2D eigenvalue weighted by Crippen LogP contribution is 2.14. The van der Waals surface area contributed by atoms with Crippen LogP contribution in [0.5, 0.6) is 0 Å². The number of aryl methyl sites for hydroxylation is 1. The van der Waals surface area contributed by atoms with Crippen molar-refractivity contribution in [2.75, 3.05) is 26.2 Å². The second-order valence-corrected chi connectivity index (χ2v) is 7.31. The van der Waals surface area contributed by atoms with Crippen LogP contribution >= 0.6 is 15.9 Å². The minimum absolute atomic E-state index is 0.0118. The average Bonchev–Trinajstić information content (AvgIpc) is 2.94. The van der Waals surface area contributed by atoms with Gasteiger partial charge in [0, 0.05) is 49.5 Å². The lowest BCUT2D eigenvalue weighted by molar-refractivity contribution is -0.131. The molecule has 136 valence electrons. The van der Waals surface area contributed by atoms with E-state index in [9.17, 15) is 9.59 Å². The molecule has 1 aliphatic rings. The zero-order valence-corrected chi connectivity index (χ0v) is 16.2. The molecule has 0 unspecified atom stereocenters. The van der Waals surface area contributed by atoms with Gasteiger partial charge in [-0.05, 0) is 42.7 Å². The first-order valence-corrected chi connectivity index (χ1v) is 9.64. The number of carbonyl (C=O) groups is 2. The normalized spacial score (nSPS) is 14.8. The van der Waals surface area contributed by atoms with E-state index >= 15 is 0 Å². The molecule has 1 aliphatic heterocycles. The van der Waals surface area contributed by atoms with E-state index in [1.165, 1.54) is 0 Å². The van der Waals surface area contributed by atoms with Gasteiger partial charge in [0.25, 0.3) is 5.91 Å². The van der Waals surface area contributed by atoms with Crippen molar-refractivity contribution < 1.29 is 9.59 Å². The lowest BCUT2D eigenvalue weighted by Crippen LogP contribution is -2.37. The summed E-state index contributed by atoms with van der Waals surface area (Å²) < 4.78 is 1.04. The Hall–Kier alpha value is -2.21. The van der Waals surface area contributed by atoms with E-state index in [0.29, 0.717) is 38.2 Å². The summed E-state index contributed by atoms with van der Waals surface area (Å²) in [4.78, 5) is 32.8. The van der Waals surface area contributed by atoms with Crippen LogP contribution in [0, 0.1) is 0 Å². The van der Waals surface area contributed by atoms with Gasteiger partial charge in [-0.15, -0.1) is 0 Å². The Labute approximate surface area is 162 Å². The van der Waals surface area contributed by atoms with Crippen molar-refractivity contribution in [2.24, 2.45) is 0 Å². The van der Waals surface area contributed by atoms with E-state index < -0.39 is 0 Å². The summed E-state index contributed by atoms with van der Waals surface area (Å²) >= 11 is 3.42. The van der Waals surface area contributed by atoms with Crippen LogP contribution in [0.4, 0.5) is 0 Å². The monoisotopic (exact) mass is 415 g/mol. The van der Waals surface area contributed by atoms with Crippen molar-refractivity contribution in [1.82, 2.24) is 14.8 Å². The lowest BCUT2D eigenvalue weighted by Gasteiger charge is -2.22. The SMILES string of the molecule is O=C(CCc1ccc(Br)cc1)N1CCCN(C(=O)c2cccnc2)CC1. The number of pyridine rings is 1. The number of aromatic nitrogens is 1. The predicted molar refractivity (Wildman–Crippen MR) is 104 cm³/mol. The summed E-state index contributed by atoms with van der Waals surface area (Å²) in [6.45, 7) is 2.53. The first kappa shape index (κ1) is 18.6. The average molecular weight is 416 g/mol. The molecule has 0 atom stereocenters. The number of nitrogens with zero attached hydrogens (tertiary/aromatic N) is 3. The standard InChI is InChI=1S/C20H22BrN3O2/c21-18-7-4-16(5-8-18)6-9-19(25)23-11-2-12-24(14-13-23)20(26)17-3-1-10-22-15-17/h1,3-5,7-8,10,15H,2,6,9,11-14H2. The van der Waals surface area contributed by atoms with Crippen molar-refractivity contribution in [3.05, 3.63) is 64.4 Å². The summed E-state index contributed by atoms with van der Waals surface area (Å²) in [7, 11) is 0. The Balaban J connectivity index is 1.52. The molecular formula is C20H22BrN3O2. The Kier molecular flexibility index (Phi) is 6.39. The van der Waals surface area contributed by atoms with E-state index in [4.69, 9.17) is 0 Å². The summed E-state index contributed by atoms with van der Waals surface area (Å²) in [6, 6.07) is 11.6. The third-order valence-electron chi connectivity index (χ3n) is 4.59. The third-order valence-corrected chi connectivity index (χ3v) is 5.11. The summed E-state index contributed by atoms with van der Waals surface area (Å²) in [5.74, 6) is 0.144. The van der Waals surface area contributed by atoms with Gasteiger partial charge >= 0.3 is 0 Å². The highest BCUT2D eigenvalue weighted by Gasteiger charge is 2.22. The maximum Gasteiger partial charge on any atom is 0.255 e. The fraction of sp³-hybridized carbons (Fsp3) is 0.350. The van der Waals surface area contributed by atoms with Crippen molar-refractivity contribution in [3.63, 3.8) is 0 Å². The molecule has 2 heterocycles. The molecule has 3 rings (SSSR count). The molecule has 1 aromatic heterocycles. The number of hydrogen-bond donors (Lipinski definition) is 0. The molecule has 6 heteroatoms. The van der Waals surface area contributed by atoms with Gasteiger partial charge in [0.1, 0.15) is 0 Å². The van der Waals surface area contributed by atoms with E-state index in [0.717, 1.165) is 22.9 Å². The summed E-state index contributed by atoms with van der Waals surface area (Å²) in [6.07, 6.45) is 5.29. The fourth-order valence-corrected chi connectivity index (χ4v) is 3.37. The van der Waals surface area contributed by atoms with E-state index in [-0.39, 0.29) is 11.8 Å². The Morgan fingerprint density at radius 1 is 1.00 bits per heavy atom. The van der Waals surface area contributed by atoms with Gasteiger partial charge in [0.05, 0.1) is 5.56 Å². The van der Waals surface area contributed by atoms with Crippen molar-refractivity contribution >= 4 is 27.7 Å². The van der Waals surface area contributed by atoms with Crippen LogP contribution in [0.15, 0.2) is 53.3 Å². The van der Waals surface area contributed by atoms with Crippen molar-refractivity contribution in [2.45, 2.75) is 19.3 Å². The molecule has 2 aromatic rings. The number of amides is 2. The number of hydrogen-bond acceptors (Lipinski definition) is 3. The van der Waals surface area contributed by atoms with Gasteiger partial charge in [-0.3, -0.25) is 14.6 Å². The fourth-order valence-electron chi connectivity index (χ4n) is 3.10. The minimum Gasteiger partial charge on any atom is -0.341 e. The van der Waals surface area contributed by atoms with Crippen LogP contribution in [-0.2, 0) is 11.2 Å². The molecule has 0 saturated carbocycles. The largest absolute Gasteiger partial charge is 0.341 e. The van der Waals surface area contributed by atoms with Crippen LogP contribution in [-0.4, -0.2) is 52.8 Å². The molecule has 0 spiro atoms. The lowest BCUT2D eigenvalue weighted by atomic mass is 10.1. The van der Waals surface area contributed by atoms with Gasteiger partial charge in [-0.1, -0.05) is 28.1 Å². The maximum absolute atomic E-state index is 12.5. The third kappa shape index (κ3) is 4.91. The number of halogens is 1. The minimum atomic E-state index is -0.0118. The molecule has 0 N–H and O–H groups in total. The molecule has 5 nitrogen and oxygen atoms in total. The van der Waals surface area contributed by atoms with Gasteiger partial charge in [0.15, 0.2) is 0 Å². The second-order valence-electron chi connectivity index (χ2n) is 6.39. The highest BCUT2D eigenvalue weighted by atomic mass is 79.9. The summed E-state index contributed by atoms with van der Waals surface area (Å²) in [5.41, 5.74) is 1.76. The number of benzene rings is 1. The van der Waals surface area contributed by atoms with Crippen molar-refractivity contribution in [3.8, 4) is 0 Å². The molecule has 0 bridgehead atoms. The van der Waals surface area contributed by atoms with Crippen molar-refractivity contribution in [1.29, 1.82) is 0 Å². The Morgan fingerprint density at radius 2 is 1.73 bits per heavy atom.